The second-order valence-electron chi connectivity index (χ2n) is 4.98. The van der Waals surface area contributed by atoms with Crippen LogP contribution in [0.5, 0.6) is 0 Å². The molecular weight excluding hydrogens is 290 g/mol. The normalized spacial score (nSPS) is 11.6. The van der Waals surface area contributed by atoms with E-state index < -0.39 is 15.7 Å². The Hall–Kier alpha value is -2.08. The lowest BCUT2D eigenvalue weighted by atomic mass is 10.2. The number of furan rings is 1. The van der Waals surface area contributed by atoms with Crippen LogP contribution in [0.4, 0.5) is 0 Å². The zero-order valence-electron chi connectivity index (χ0n) is 11.9. The van der Waals surface area contributed by atoms with Gasteiger partial charge >= 0.3 is 0 Å². The van der Waals surface area contributed by atoms with Crippen LogP contribution >= 0.6 is 0 Å². The summed E-state index contributed by atoms with van der Waals surface area (Å²) in [6, 6.07) is 9.59. The number of rotatable bonds is 5. The van der Waals surface area contributed by atoms with Gasteiger partial charge in [0, 0.05) is 11.6 Å². The van der Waals surface area contributed by atoms with E-state index in [2.05, 4.69) is 5.32 Å². The van der Waals surface area contributed by atoms with Crippen LogP contribution in [0, 0.1) is 0 Å². The van der Waals surface area contributed by atoms with Gasteiger partial charge in [0.1, 0.15) is 0 Å². The van der Waals surface area contributed by atoms with Gasteiger partial charge in [0.25, 0.3) is 5.91 Å². The van der Waals surface area contributed by atoms with E-state index >= 15 is 0 Å². The van der Waals surface area contributed by atoms with Crippen LogP contribution in [-0.2, 0) is 15.6 Å². The molecule has 2 rings (SSSR count). The molecule has 0 spiro atoms. The maximum absolute atomic E-state index is 12.3. The van der Waals surface area contributed by atoms with Crippen LogP contribution in [0.3, 0.4) is 0 Å². The third kappa shape index (κ3) is 3.72. The Morgan fingerprint density at radius 2 is 1.86 bits per heavy atom. The fraction of sp³-hybridized carbons (Fsp3) is 0.267. The summed E-state index contributed by atoms with van der Waals surface area (Å²) in [5.41, 5.74) is 0.358. The molecule has 6 heteroatoms. The average Bonchev–Trinajstić information content (AvgIpc) is 2.86. The fourth-order valence-corrected chi connectivity index (χ4v) is 3.27. The Balaban J connectivity index is 2.25. The standard InChI is InChI=1S/C15H17NO4S/c1-11(2)16-15(17)14-12(8-9-20-14)10-21(18,19)13-6-4-3-5-7-13/h3-9,11H,10H2,1-2H3,(H,16,17). The van der Waals surface area contributed by atoms with Gasteiger partial charge in [-0.25, -0.2) is 8.42 Å². The number of hydrogen-bond donors (Lipinski definition) is 1. The Morgan fingerprint density at radius 3 is 2.48 bits per heavy atom. The lowest BCUT2D eigenvalue weighted by Gasteiger charge is -2.08. The second-order valence-corrected chi connectivity index (χ2v) is 6.96. The monoisotopic (exact) mass is 307 g/mol. The highest BCUT2D eigenvalue weighted by Gasteiger charge is 2.22. The Morgan fingerprint density at radius 1 is 1.19 bits per heavy atom. The maximum atomic E-state index is 12.3. The average molecular weight is 307 g/mol. The first-order valence-corrected chi connectivity index (χ1v) is 8.20. The van der Waals surface area contributed by atoms with Crippen molar-refractivity contribution in [1.29, 1.82) is 0 Å². The molecule has 0 fully saturated rings. The molecule has 0 aliphatic heterocycles. The van der Waals surface area contributed by atoms with Gasteiger partial charge in [0.15, 0.2) is 15.6 Å². The third-order valence-corrected chi connectivity index (χ3v) is 4.50. The lowest BCUT2D eigenvalue weighted by Crippen LogP contribution is -2.30. The molecule has 0 saturated heterocycles. The third-order valence-electron chi connectivity index (χ3n) is 2.82. The number of amides is 1. The van der Waals surface area contributed by atoms with Crippen LogP contribution in [-0.4, -0.2) is 20.4 Å². The predicted octanol–water partition coefficient (Wildman–Crippen LogP) is 2.39. The molecule has 0 saturated carbocycles. The molecule has 0 atom stereocenters. The lowest BCUT2D eigenvalue weighted by molar-refractivity contribution is 0.0914. The van der Waals surface area contributed by atoms with Gasteiger partial charge in [0.2, 0.25) is 0 Å². The smallest absolute Gasteiger partial charge is 0.287 e. The fourth-order valence-electron chi connectivity index (χ4n) is 1.89. The second kappa shape index (κ2) is 6.13. The van der Waals surface area contributed by atoms with E-state index in [-0.39, 0.29) is 22.5 Å². The van der Waals surface area contributed by atoms with Crippen molar-refractivity contribution in [3.05, 3.63) is 54.0 Å². The Kier molecular flexibility index (Phi) is 4.47. The van der Waals surface area contributed by atoms with Crippen molar-refractivity contribution in [2.75, 3.05) is 0 Å². The number of carbonyl (C=O) groups is 1. The summed E-state index contributed by atoms with van der Waals surface area (Å²) in [6.45, 7) is 3.64. The molecule has 112 valence electrons. The van der Waals surface area contributed by atoms with Crippen LogP contribution in [0.2, 0.25) is 0 Å². The molecule has 1 heterocycles. The number of hydrogen-bond acceptors (Lipinski definition) is 4. The van der Waals surface area contributed by atoms with E-state index in [4.69, 9.17) is 4.42 Å². The SMILES string of the molecule is CC(C)NC(=O)c1occc1CS(=O)(=O)c1ccccc1. The van der Waals surface area contributed by atoms with Gasteiger partial charge in [-0.3, -0.25) is 4.79 Å². The predicted molar refractivity (Wildman–Crippen MR) is 78.6 cm³/mol. The molecule has 0 aliphatic carbocycles. The van der Waals surface area contributed by atoms with Crippen LogP contribution in [0.15, 0.2) is 52.0 Å². The molecule has 1 aromatic carbocycles. The molecular formula is C15H17NO4S. The van der Waals surface area contributed by atoms with Crippen LogP contribution < -0.4 is 5.32 Å². The Bertz CT molecular complexity index is 717. The highest BCUT2D eigenvalue weighted by atomic mass is 32.2. The summed E-state index contributed by atoms with van der Waals surface area (Å²) in [4.78, 5) is 12.2. The number of benzene rings is 1. The van der Waals surface area contributed by atoms with Crippen molar-refractivity contribution in [1.82, 2.24) is 5.32 Å². The summed E-state index contributed by atoms with van der Waals surface area (Å²) in [5.74, 6) is -0.634. The number of sulfone groups is 1. The van der Waals surface area contributed by atoms with Crippen molar-refractivity contribution in [3.8, 4) is 0 Å². The van der Waals surface area contributed by atoms with Crippen molar-refractivity contribution < 1.29 is 17.6 Å². The zero-order chi connectivity index (χ0) is 15.5. The zero-order valence-corrected chi connectivity index (χ0v) is 12.7. The van der Waals surface area contributed by atoms with Crippen molar-refractivity contribution >= 4 is 15.7 Å². The van der Waals surface area contributed by atoms with Gasteiger partial charge in [-0.1, -0.05) is 18.2 Å². The summed E-state index contributed by atoms with van der Waals surface area (Å²) in [7, 11) is -3.51. The molecule has 1 amide bonds. The summed E-state index contributed by atoms with van der Waals surface area (Å²) in [6.07, 6.45) is 1.32. The number of nitrogens with one attached hydrogen (secondary N) is 1. The first kappa shape index (κ1) is 15.3. The summed E-state index contributed by atoms with van der Waals surface area (Å²) >= 11 is 0. The first-order valence-electron chi connectivity index (χ1n) is 6.55. The van der Waals surface area contributed by atoms with Crippen LogP contribution in [0.25, 0.3) is 0 Å². The largest absolute Gasteiger partial charge is 0.459 e. The molecule has 21 heavy (non-hydrogen) atoms. The molecule has 1 aromatic heterocycles. The van der Waals surface area contributed by atoms with Gasteiger partial charge in [-0.05, 0) is 32.0 Å². The van der Waals surface area contributed by atoms with E-state index in [1.807, 2.05) is 13.8 Å². The Labute approximate surface area is 123 Å². The molecule has 1 N–H and O–H groups in total. The number of carbonyl (C=O) groups excluding carboxylic acids is 1. The molecule has 5 nitrogen and oxygen atoms in total. The minimum atomic E-state index is -3.51. The highest BCUT2D eigenvalue weighted by molar-refractivity contribution is 7.90. The van der Waals surface area contributed by atoms with Gasteiger partial charge in [0.05, 0.1) is 16.9 Å². The summed E-state index contributed by atoms with van der Waals surface area (Å²) < 4.78 is 29.8. The van der Waals surface area contributed by atoms with Crippen molar-refractivity contribution in [2.45, 2.75) is 30.5 Å². The first-order chi connectivity index (χ1) is 9.90. The van der Waals surface area contributed by atoms with Gasteiger partial charge in [-0.15, -0.1) is 0 Å². The van der Waals surface area contributed by atoms with Crippen molar-refractivity contribution in [2.24, 2.45) is 0 Å². The highest BCUT2D eigenvalue weighted by Crippen LogP contribution is 2.19. The maximum Gasteiger partial charge on any atom is 0.287 e. The van der Waals surface area contributed by atoms with E-state index in [1.54, 1.807) is 18.2 Å². The molecule has 0 radical (unpaired) electrons. The van der Waals surface area contributed by atoms with Crippen molar-refractivity contribution in [3.63, 3.8) is 0 Å². The summed E-state index contributed by atoms with van der Waals surface area (Å²) in [5, 5.41) is 2.68. The minimum absolute atomic E-state index is 0.0446. The topological polar surface area (TPSA) is 76.4 Å². The molecule has 0 aliphatic rings. The van der Waals surface area contributed by atoms with Gasteiger partial charge < -0.3 is 9.73 Å². The van der Waals surface area contributed by atoms with E-state index in [1.165, 1.54) is 24.5 Å². The molecule has 2 aromatic rings. The quantitative estimate of drug-likeness (QED) is 0.920. The van der Waals surface area contributed by atoms with E-state index in [0.29, 0.717) is 5.56 Å². The molecule has 0 bridgehead atoms. The minimum Gasteiger partial charge on any atom is -0.459 e. The molecule has 0 unspecified atom stereocenters. The van der Waals surface area contributed by atoms with E-state index in [0.717, 1.165) is 0 Å². The van der Waals surface area contributed by atoms with Gasteiger partial charge in [-0.2, -0.15) is 0 Å². The van der Waals surface area contributed by atoms with E-state index in [9.17, 15) is 13.2 Å². The van der Waals surface area contributed by atoms with Crippen LogP contribution in [0.1, 0.15) is 30.0 Å².